The van der Waals surface area contributed by atoms with Gasteiger partial charge in [-0.2, -0.15) is 0 Å². The summed E-state index contributed by atoms with van der Waals surface area (Å²) >= 11 is 4.91. The number of hydrogen-bond acceptors (Lipinski definition) is 5. The molecule has 2 heterocycles. The average Bonchev–Trinajstić information content (AvgIpc) is 3.15. The number of nitrogens with zero attached hydrogens (tertiary/aromatic N) is 2. The molecule has 0 N–H and O–H groups in total. The molecule has 0 aliphatic heterocycles. The highest BCUT2D eigenvalue weighted by Crippen LogP contribution is 2.31. The quantitative estimate of drug-likeness (QED) is 0.352. The van der Waals surface area contributed by atoms with Crippen molar-refractivity contribution in [2.75, 3.05) is 0 Å². The Morgan fingerprint density at radius 2 is 1.83 bits per heavy atom. The number of halogens is 1. The lowest BCUT2D eigenvalue weighted by atomic mass is 10.1. The van der Waals surface area contributed by atoms with Crippen LogP contribution in [0.1, 0.15) is 29.8 Å². The van der Waals surface area contributed by atoms with E-state index in [4.69, 9.17) is 4.74 Å². The molecule has 2 aromatic heterocycles. The monoisotopic (exact) mass is 482 g/mol. The fourth-order valence-corrected chi connectivity index (χ4v) is 4.32. The fourth-order valence-electron chi connectivity index (χ4n) is 3.15. The molecule has 0 aliphatic rings. The van der Waals surface area contributed by atoms with Crippen LogP contribution >= 0.6 is 27.3 Å². The number of carbonyl (C=O) groups is 1. The zero-order valence-corrected chi connectivity index (χ0v) is 18.9. The van der Waals surface area contributed by atoms with Gasteiger partial charge in [0.05, 0.1) is 29.9 Å². The van der Waals surface area contributed by atoms with Crippen molar-refractivity contribution >= 4 is 43.5 Å². The van der Waals surface area contributed by atoms with Gasteiger partial charge in [0.2, 0.25) is 0 Å². The van der Waals surface area contributed by atoms with Crippen molar-refractivity contribution < 1.29 is 9.53 Å². The third-order valence-electron chi connectivity index (χ3n) is 4.60. The average molecular weight is 483 g/mol. The Kier molecular flexibility index (Phi) is 5.83. The van der Waals surface area contributed by atoms with E-state index in [2.05, 4.69) is 20.9 Å². The number of ether oxygens (including phenoxy) is 1. The first kappa shape index (κ1) is 20.5. The van der Waals surface area contributed by atoms with Crippen molar-refractivity contribution in [2.45, 2.75) is 26.5 Å². The number of aromatic nitrogens is 2. The number of thiophene rings is 1. The molecule has 0 saturated heterocycles. The van der Waals surface area contributed by atoms with Crippen LogP contribution in [0.15, 0.2) is 69.5 Å². The Labute approximate surface area is 186 Å². The van der Waals surface area contributed by atoms with Gasteiger partial charge in [-0.25, -0.2) is 9.78 Å². The fraction of sp³-hybridized carbons (Fsp3) is 0.174. The highest BCUT2D eigenvalue weighted by molar-refractivity contribution is 9.10. The number of hydrogen-bond donors (Lipinski definition) is 0. The molecule has 0 unspecified atom stereocenters. The third-order valence-corrected chi connectivity index (χ3v) is 6.02. The molecular formula is C23H19BrN2O3S. The van der Waals surface area contributed by atoms with Gasteiger partial charge in [-0.15, -0.1) is 11.3 Å². The smallest absolute Gasteiger partial charge is 0.338 e. The molecule has 0 spiro atoms. The summed E-state index contributed by atoms with van der Waals surface area (Å²) in [5, 5.41) is 2.60. The molecule has 0 amide bonds. The van der Waals surface area contributed by atoms with Gasteiger partial charge in [0, 0.05) is 15.4 Å². The first-order valence-electron chi connectivity index (χ1n) is 9.45. The van der Waals surface area contributed by atoms with E-state index in [1.165, 1.54) is 11.3 Å². The second-order valence-corrected chi connectivity index (χ2v) is 8.94. The summed E-state index contributed by atoms with van der Waals surface area (Å²) in [6, 6.07) is 15.0. The molecule has 0 bridgehead atoms. The minimum Gasteiger partial charge on any atom is -0.459 e. The molecule has 0 aliphatic carbocycles. The normalized spacial score (nSPS) is 11.2. The van der Waals surface area contributed by atoms with Crippen LogP contribution in [0.25, 0.3) is 21.3 Å². The van der Waals surface area contributed by atoms with Gasteiger partial charge in [0.15, 0.2) is 0 Å². The standard InChI is InChI=1S/C23H19BrN2O3S/c1-14(2)29-23(28)17-5-3-15(4-6-17)11-26-13-25-21-20(22(26)27)19(12-30-21)16-7-9-18(24)10-8-16/h3-10,12-14H,11H2,1-2H3. The van der Waals surface area contributed by atoms with Crippen molar-refractivity contribution in [3.05, 3.63) is 86.2 Å². The van der Waals surface area contributed by atoms with Crippen molar-refractivity contribution in [3.8, 4) is 11.1 Å². The van der Waals surface area contributed by atoms with E-state index in [1.54, 1.807) is 23.0 Å². The summed E-state index contributed by atoms with van der Waals surface area (Å²) in [7, 11) is 0. The second-order valence-electron chi connectivity index (χ2n) is 7.17. The Bertz CT molecular complexity index is 1260. The van der Waals surface area contributed by atoms with Gasteiger partial charge in [0.1, 0.15) is 4.83 Å². The lowest BCUT2D eigenvalue weighted by molar-refractivity contribution is 0.0378. The highest BCUT2D eigenvalue weighted by atomic mass is 79.9. The largest absolute Gasteiger partial charge is 0.459 e. The van der Waals surface area contributed by atoms with Gasteiger partial charge >= 0.3 is 5.97 Å². The maximum Gasteiger partial charge on any atom is 0.338 e. The van der Waals surface area contributed by atoms with Crippen molar-refractivity contribution in [2.24, 2.45) is 0 Å². The Morgan fingerprint density at radius 1 is 1.13 bits per heavy atom. The molecule has 152 valence electrons. The van der Waals surface area contributed by atoms with Crippen molar-refractivity contribution in [3.63, 3.8) is 0 Å². The minimum absolute atomic E-state index is 0.0811. The molecule has 30 heavy (non-hydrogen) atoms. The van der Waals surface area contributed by atoms with Crippen LogP contribution < -0.4 is 5.56 Å². The molecule has 0 radical (unpaired) electrons. The first-order chi connectivity index (χ1) is 14.4. The van der Waals surface area contributed by atoms with Gasteiger partial charge < -0.3 is 4.74 Å². The van der Waals surface area contributed by atoms with Gasteiger partial charge in [-0.1, -0.05) is 40.2 Å². The number of carbonyl (C=O) groups excluding carboxylic acids is 1. The van der Waals surface area contributed by atoms with E-state index in [-0.39, 0.29) is 17.6 Å². The lowest BCUT2D eigenvalue weighted by Crippen LogP contribution is -2.21. The summed E-state index contributed by atoms with van der Waals surface area (Å²) in [6.07, 6.45) is 1.41. The van der Waals surface area contributed by atoms with Gasteiger partial charge in [-0.3, -0.25) is 9.36 Å². The molecule has 0 fully saturated rings. The van der Waals surface area contributed by atoms with Crippen LogP contribution in [0.4, 0.5) is 0 Å². The Morgan fingerprint density at radius 3 is 2.50 bits per heavy atom. The molecular weight excluding hydrogens is 464 g/mol. The number of fused-ring (bicyclic) bond motifs is 1. The Hall–Kier alpha value is -2.77. The summed E-state index contributed by atoms with van der Waals surface area (Å²) in [5.74, 6) is -0.353. The SMILES string of the molecule is CC(C)OC(=O)c1ccc(Cn2cnc3scc(-c4ccc(Br)cc4)c3c2=O)cc1. The van der Waals surface area contributed by atoms with Crippen LogP contribution in [0.5, 0.6) is 0 Å². The third kappa shape index (κ3) is 4.22. The van der Waals surface area contributed by atoms with E-state index in [1.807, 2.05) is 55.6 Å². The van der Waals surface area contributed by atoms with E-state index in [0.717, 1.165) is 26.0 Å². The maximum atomic E-state index is 13.2. The molecule has 5 nitrogen and oxygen atoms in total. The molecule has 0 saturated carbocycles. The predicted octanol–water partition coefficient (Wildman–Crippen LogP) is 5.50. The topological polar surface area (TPSA) is 61.2 Å². The molecule has 4 aromatic rings. The van der Waals surface area contributed by atoms with E-state index >= 15 is 0 Å². The zero-order chi connectivity index (χ0) is 21.3. The summed E-state index contributed by atoms with van der Waals surface area (Å²) in [4.78, 5) is 30.4. The number of rotatable bonds is 5. The number of benzene rings is 2. The predicted molar refractivity (Wildman–Crippen MR) is 123 cm³/mol. The highest BCUT2D eigenvalue weighted by Gasteiger charge is 2.14. The maximum absolute atomic E-state index is 13.2. The molecule has 2 aromatic carbocycles. The molecule has 0 atom stereocenters. The summed E-state index contributed by atoms with van der Waals surface area (Å²) in [6.45, 7) is 4.00. The number of esters is 1. The van der Waals surface area contributed by atoms with Crippen LogP contribution in [-0.4, -0.2) is 21.6 Å². The van der Waals surface area contributed by atoms with Gasteiger partial charge in [-0.05, 0) is 49.2 Å². The zero-order valence-electron chi connectivity index (χ0n) is 16.5. The van der Waals surface area contributed by atoms with Crippen molar-refractivity contribution in [1.82, 2.24) is 9.55 Å². The van der Waals surface area contributed by atoms with E-state index in [9.17, 15) is 9.59 Å². The minimum atomic E-state index is -0.353. The van der Waals surface area contributed by atoms with Crippen LogP contribution in [0.2, 0.25) is 0 Å². The van der Waals surface area contributed by atoms with Crippen LogP contribution in [0.3, 0.4) is 0 Å². The summed E-state index contributed by atoms with van der Waals surface area (Å²) in [5.41, 5.74) is 3.18. The van der Waals surface area contributed by atoms with Crippen molar-refractivity contribution in [1.29, 1.82) is 0 Å². The van der Waals surface area contributed by atoms with Crippen LogP contribution in [-0.2, 0) is 11.3 Å². The molecule has 4 rings (SSSR count). The van der Waals surface area contributed by atoms with Gasteiger partial charge in [0.25, 0.3) is 5.56 Å². The lowest BCUT2D eigenvalue weighted by Gasteiger charge is -2.09. The summed E-state index contributed by atoms with van der Waals surface area (Å²) < 4.78 is 7.79. The van der Waals surface area contributed by atoms with E-state index < -0.39 is 0 Å². The first-order valence-corrected chi connectivity index (χ1v) is 11.1. The van der Waals surface area contributed by atoms with Crippen LogP contribution in [0, 0.1) is 0 Å². The molecule has 7 heteroatoms. The van der Waals surface area contributed by atoms with E-state index in [0.29, 0.717) is 17.5 Å². The Balaban J connectivity index is 1.64. The second kappa shape index (κ2) is 8.53.